The number of aromatic nitrogens is 3. The molecule has 1 rings (SSSR count). The SMILES string of the molecule is NC(=O)CCCCn1cnnc1CO. The molecular formula is C8H14N4O2. The number of aliphatic hydroxyl groups excluding tert-OH is 1. The second kappa shape index (κ2) is 5.33. The highest BCUT2D eigenvalue weighted by atomic mass is 16.3. The van der Waals surface area contributed by atoms with E-state index in [1.54, 1.807) is 10.9 Å². The van der Waals surface area contributed by atoms with Crippen molar-refractivity contribution in [2.24, 2.45) is 5.73 Å². The van der Waals surface area contributed by atoms with Crippen LogP contribution in [0.5, 0.6) is 0 Å². The van der Waals surface area contributed by atoms with Crippen LogP contribution in [0.15, 0.2) is 6.33 Å². The van der Waals surface area contributed by atoms with Crippen LogP contribution in [-0.2, 0) is 17.9 Å². The van der Waals surface area contributed by atoms with Gasteiger partial charge in [0, 0.05) is 13.0 Å². The third-order valence-electron chi connectivity index (χ3n) is 1.91. The molecule has 0 unspecified atom stereocenters. The number of nitrogens with zero attached hydrogens (tertiary/aromatic N) is 3. The molecule has 6 nitrogen and oxygen atoms in total. The maximum atomic E-state index is 10.4. The molecule has 14 heavy (non-hydrogen) atoms. The minimum atomic E-state index is -0.281. The zero-order chi connectivity index (χ0) is 10.4. The number of carbonyl (C=O) groups excluding carboxylic acids is 1. The van der Waals surface area contributed by atoms with Crippen molar-refractivity contribution in [3.05, 3.63) is 12.2 Å². The lowest BCUT2D eigenvalue weighted by Gasteiger charge is -2.03. The minimum absolute atomic E-state index is 0.115. The first-order valence-electron chi connectivity index (χ1n) is 4.50. The number of nitrogens with two attached hydrogens (primary N) is 1. The summed E-state index contributed by atoms with van der Waals surface area (Å²) in [4.78, 5) is 10.4. The smallest absolute Gasteiger partial charge is 0.217 e. The maximum Gasteiger partial charge on any atom is 0.217 e. The van der Waals surface area contributed by atoms with Gasteiger partial charge in [0.25, 0.3) is 0 Å². The molecule has 0 radical (unpaired) electrons. The quantitative estimate of drug-likeness (QED) is 0.598. The molecule has 0 spiro atoms. The van der Waals surface area contributed by atoms with Crippen molar-refractivity contribution in [2.45, 2.75) is 32.4 Å². The molecule has 1 aromatic rings. The molecule has 1 amide bonds. The van der Waals surface area contributed by atoms with Crippen molar-refractivity contribution in [1.82, 2.24) is 14.8 Å². The fourth-order valence-corrected chi connectivity index (χ4v) is 1.17. The normalized spacial score (nSPS) is 10.4. The van der Waals surface area contributed by atoms with Crippen LogP contribution in [0, 0.1) is 0 Å². The molecule has 1 heterocycles. The molecule has 0 aliphatic carbocycles. The third-order valence-corrected chi connectivity index (χ3v) is 1.91. The van der Waals surface area contributed by atoms with Gasteiger partial charge in [-0.3, -0.25) is 4.79 Å². The average molecular weight is 198 g/mol. The zero-order valence-electron chi connectivity index (χ0n) is 7.89. The topological polar surface area (TPSA) is 94.0 Å². The van der Waals surface area contributed by atoms with E-state index in [2.05, 4.69) is 10.2 Å². The molecule has 78 valence electrons. The monoisotopic (exact) mass is 198 g/mol. The van der Waals surface area contributed by atoms with E-state index in [9.17, 15) is 4.79 Å². The predicted molar refractivity (Wildman–Crippen MR) is 49.0 cm³/mol. The maximum absolute atomic E-state index is 10.4. The lowest BCUT2D eigenvalue weighted by molar-refractivity contribution is -0.118. The van der Waals surface area contributed by atoms with Crippen LogP contribution in [0.3, 0.4) is 0 Å². The Morgan fingerprint density at radius 3 is 3.00 bits per heavy atom. The summed E-state index contributed by atoms with van der Waals surface area (Å²) in [6.45, 7) is 0.589. The number of aryl methyl sites for hydroxylation is 1. The van der Waals surface area contributed by atoms with Gasteiger partial charge in [0.05, 0.1) is 0 Å². The fourth-order valence-electron chi connectivity index (χ4n) is 1.17. The lowest BCUT2D eigenvalue weighted by Crippen LogP contribution is -2.10. The van der Waals surface area contributed by atoms with Crippen molar-refractivity contribution in [3.63, 3.8) is 0 Å². The number of hydrogen-bond acceptors (Lipinski definition) is 4. The molecule has 6 heteroatoms. The summed E-state index contributed by atoms with van der Waals surface area (Å²) < 4.78 is 1.76. The first-order chi connectivity index (χ1) is 6.74. The van der Waals surface area contributed by atoms with E-state index in [4.69, 9.17) is 10.8 Å². The molecule has 0 fully saturated rings. The Hall–Kier alpha value is -1.43. The Morgan fingerprint density at radius 1 is 1.57 bits per heavy atom. The van der Waals surface area contributed by atoms with Crippen molar-refractivity contribution < 1.29 is 9.90 Å². The Morgan fingerprint density at radius 2 is 2.36 bits per heavy atom. The summed E-state index contributed by atoms with van der Waals surface area (Å²) in [6.07, 6.45) is 3.54. The van der Waals surface area contributed by atoms with Crippen LogP contribution < -0.4 is 5.73 Å². The minimum Gasteiger partial charge on any atom is -0.388 e. The molecule has 0 aliphatic rings. The van der Waals surface area contributed by atoms with Gasteiger partial charge in [-0.2, -0.15) is 0 Å². The first kappa shape index (κ1) is 10.6. The van der Waals surface area contributed by atoms with Crippen LogP contribution in [0.25, 0.3) is 0 Å². The van der Waals surface area contributed by atoms with Crippen LogP contribution in [-0.4, -0.2) is 25.8 Å². The highest BCUT2D eigenvalue weighted by Crippen LogP contribution is 2.01. The van der Waals surface area contributed by atoms with Crippen LogP contribution in [0.2, 0.25) is 0 Å². The number of aliphatic hydroxyl groups is 1. The lowest BCUT2D eigenvalue weighted by atomic mass is 10.2. The largest absolute Gasteiger partial charge is 0.388 e. The molecule has 1 aromatic heterocycles. The number of rotatable bonds is 6. The van der Waals surface area contributed by atoms with Gasteiger partial charge in [-0.1, -0.05) is 0 Å². The third kappa shape index (κ3) is 3.14. The molecule has 0 saturated carbocycles. The van der Waals surface area contributed by atoms with E-state index in [0.29, 0.717) is 18.8 Å². The summed E-state index contributed by atoms with van der Waals surface area (Å²) in [5.74, 6) is 0.264. The van der Waals surface area contributed by atoms with Gasteiger partial charge in [-0.05, 0) is 12.8 Å². The van der Waals surface area contributed by atoms with Crippen molar-refractivity contribution in [3.8, 4) is 0 Å². The van der Waals surface area contributed by atoms with E-state index in [1.165, 1.54) is 0 Å². The Kier molecular flexibility index (Phi) is 4.06. The second-order valence-corrected chi connectivity index (χ2v) is 3.02. The van der Waals surface area contributed by atoms with E-state index in [-0.39, 0.29) is 12.5 Å². The Balaban J connectivity index is 2.27. The molecule has 0 bridgehead atoms. The Bertz CT molecular complexity index is 297. The summed E-state index contributed by atoms with van der Waals surface area (Å²) in [5.41, 5.74) is 5.00. The van der Waals surface area contributed by atoms with Gasteiger partial charge >= 0.3 is 0 Å². The fraction of sp³-hybridized carbons (Fsp3) is 0.625. The average Bonchev–Trinajstić information content (AvgIpc) is 2.59. The zero-order valence-corrected chi connectivity index (χ0v) is 7.89. The highest BCUT2D eigenvalue weighted by molar-refractivity contribution is 5.73. The highest BCUT2D eigenvalue weighted by Gasteiger charge is 2.01. The van der Waals surface area contributed by atoms with Gasteiger partial charge in [-0.25, -0.2) is 0 Å². The van der Waals surface area contributed by atoms with Crippen LogP contribution >= 0.6 is 0 Å². The standard InChI is InChI=1S/C8H14N4O2/c9-7(14)3-1-2-4-12-6-10-11-8(12)5-13/h6,13H,1-5H2,(H2,9,14). The van der Waals surface area contributed by atoms with Gasteiger partial charge in [0.2, 0.25) is 5.91 Å². The van der Waals surface area contributed by atoms with E-state index < -0.39 is 0 Å². The molecule has 0 aromatic carbocycles. The van der Waals surface area contributed by atoms with Crippen LogP contribution in [0.4, 0.5) is 0 Å². The van der Waals surface area contributed by atoms with Gasteiger partial charge in [0.1, 0.15) is 12.9 Å². The molecule has 0 atom stereocenters. The van der Waals surface area contributed by atoms with E-state index >= 15 is 0 Å². The number of primary amides is 1. The van der Waals surface area contributed by atoms with E-state index in [0.717, 1.165) is 12.8 Å². The number of amides is 1. The first-order valence-corrected chi connectivity index (χ1v) is 4.50. The molecule has 3 N–H and O–H groups in total. The van der Waals surface area contributed by atoms with Crippen molar-refractivity contribution in [2.75, 3.05) is 0 Å². The van der Waals surface area contributed by atoms with E-state index in [1.807, 2.05) is 0 Å². The predicted octanol–water partition coefficient (Wildman–Crippen LogP) is -0.574. The summed E-state index contributed by atoms with van der Waals surface area (Å²) in [7, 11) is 0. The number of carbonyl (C=O) groups is 1. The summed E-state index contributed by atoms with van der Waals surface area (Å²) in [6, 6.07) is 0. The van der Waals surface area contributed by atoms with Gasteiger partial charge in [0.15, 0.2) is 5.82 Å². The van der Waals surface area contributed by atoms with Crippen molar-refractivity contribution in [1.29, 1.82) is 0 Å². The Labute approximate surface area is 81.7 Å². The second-order valence-electron chi connectivity index (χ2n) is 3.02. The van der Waals surface area contributed by atoms with Gasteiger partial charge in [-0.15, -0.1) is 10.2 Å². The molecular weight excluding hydrogens is 184 g/mol. The summed E-state index contributed by atoms with van der Waals surface area (Å²) >= 11 is 0. The number of hydrogen-bond donors (Lipinski definition) is 2. The van der Waals surface area contributed by atoms with Crippen molar-refractivity contribution >= 4 is 5.91 Å². The van der Waals surface area contributed by atoms with Gasteiger partial charge < -0.3 is 15.4 Å². The van der Waals surface area contributed by atoms with Crippen LogP contribution in [0.1, 0.15) is 25.1 Å². The number of unbranched alkanes of at least 4 members (excludes halogenated alkanes) is 1. The summed E-state index contributed by atoms with van der Waals surface area (Å²) in [5, 5.41) is 16.2. The molecule has 0 saturated heterocycles. The molecule has 0 aliphatic heterocycles.